The van der Waals surface area contributed by atoms with Gasteiger partial charge in [0.1, 0.15) is 0 Å². The van der Waals surface area contributed by atoms with Crippen LogP contribution in [0.15, 0.2) is 15.4 Å². The van der Waals surface area contributed by atoms with E-state index in [1.54, 1.807) is 20.2 Å². The lowest BCUT2D eigenvalue weighted by Gasteiger charge is -1.79. The zero-order chi connectivity index (χ0) is 5.54. The summed E-state index contributed by atoms with van der Waals surface area (Å²) in [5.74, 6) is 0. The van der Waals surface area contributed by atoms with E-state index in [2.05, 4.69) is 21.0 Å². The SMILES string of the molecule is C/C=N/NN=NC. The maximum Gasteiger partial charge on any atom is 0.0509 e. The van der Waals surface area contributed by atoms with Crippen LogP contribution in [0.5, 0.6) is 0 Å². The van der Waals surface area contributed by atoms with Crippen molar-refractivity contribution in [3.63, 3.8) is 0 Å². The van der Waals surface area contributed by atoms with Crippen molar-refractivity contribution in [3.8, 4) is 0 Å². The summed E-state index contributed by atoms with van der Waals surface area (Å²) in [4.78, 5) is 0. The highest BCUT2D eigenvalue weighted by Crippen LogP contribution is 1.58. The molecule has 4 nitrogen and oxygen atoms in total. The third-order valence-electron chi connectivity index (χ3n) is 0.332. The van der Waals surface area contributed by atoms with Crippen molar-refractivity contribution in [1.29, 1.82) is 0 Å². The quantitative estimate of drug-likeness (QED) is 0.308. The molecule has 1 N–H and O–H groups in total. The minimum Gasteiger partial charge on any atom is -0.180 e. The summed E-state index contributed by atoms with van der Waals surface area (Å²) >= 11 is 0. The molecule has 0 aromatic carbocycles. The largest absolute Gasteiger partial charge is 0.180 e. The Labute approximate surface area is 42.3 Å². The Balaban J connectivity index is 2.98. The van der Waals surface area contributed by atoms with Crippen molar-refractivity contribution in [2.45, 2.75) is 6.92 Å². The average Bonchev–Trinajstić information content (AvgIpc) is 1.69. The summed E-state index contributed by atoms with van der Waals surface area (Å²) in [5, 5.41) is 10.2. The molecule has 0 bridgehead atoms. The normalized spacial score (nSPS) is 11.1. The van der Waals surface area contributed by atoms with Crippen molar-refractivity contribution in [1.82, 2.24) is 5.53 Å². The van der Waals surface area contributed by atoms with Crippen LogP contribution in [0.2, 0.25) is 0 Å². The number of hydrogen-bond donors (Lipinski definition) is 1. The molecule has 40 valence electrons. The van der Waals surface area contributed by atoms with Gasteiger partial charge in [0.15, 0.2) is 0 Å². The van der Waals surface area contributed by atoms with E-state index in [0.717, 1.165) is 0 Å². The fraction of sp³-hybridized carbons (Fsp3) is 0.667. The van der Waals surface area contributed by atoms with E-state index in [0.29, 0.717) is 0 Å². The van der Waals surface area contributed by atoms with E-state index < -0.39 is 0 Å². The second-order valence-electron chi connectivity index (χ2n) is 0.787. The van der Waals surface area contributed by atoms with E-state index in [1.165, 1.54) is 0 Å². The van der Waals surface area contributed by atoms with Crippen molar-refractivity contribution < 1.29 is 0 Å². The van der Waals surface area contributed by atoms with Crippen LogP contribution in [0.3, 0.4) is 0 Å². The standard InChI is InChI=1S/C3H8N4/c1-3-5-7-6-4-2/h3H,1-2H3,(H,4,7)/b5-3+. The van der Waals surface area contributed by atoms with Gasteiger partial charge in [-0.25, -0.2) is 0 Å². The molecule has 0 aromatic heterocycles. The van der Waals surface area contributed by atoms with Gasteiger partial charge in [-0.15, -0.1) is 0 Å². The first-order valence-electron chi connectivity index (χ1n) is 1.93. The van der Waals surface area contributed by atoms with Crippen LogP contribution < -0.4 is 5.53 Å². The highest BCUT2D eigenvalue weighted by molar-refractivity contribution is 5.52. The zero-order valence-electron chi connectivity index (χ0n) is 4.42. The van der Waals surface area contributed by atoms with Gasteiger partial charge in [0.05, 0.1) is 7.05 Å². The van der Waals surface area contributed by atoms with Crippen LogP contribution in [0, 0.1) is 0 Å². The van der Waals surface area contributed by atoms with Crippen molar-refractivity contribution in [2.75, 3.05) is 7.05 Å². The zero-order valence-corrected chi connectivity index (χ0v) is 4.42. The molecular weight excluding hydrogens is 92.1 g/mol. The first-order chi connectivity index (χ1) is 3.41. The molecular formula is C3H8N4. The predicted octanol–water partition coefficient (Wildman–Crippen LogP) is 0.579. The van der Waals surface area contributed by atoms with Crippen LogP contribution in [0.25, 0.3) is 0 Å². The van der Waals surface area contributed by atoms with E-state index in [4.69, 9.17) is 0 Å². The molecule has 0 aromatic rings. The molecule has 0 heterocycles. The molecule has 0 spiro atoms. The minimum atomic E-state index is 1.57. The van der Waals surface area contributed by atoms with E-state index in [9.17, 15) is 0 Å². The predicted molar refractivity (Wildman–Crippen MR) is 28.1 cm³/mol. The molecule has 7 heavy (non-hydrogen) atoms. The number of hydrogen-bond acceptors (Lipinski definition) is 3. The Morgan fingerprint density at radius 2 is 2.29 bits per heavy atom. The molecule has 4 heteroatoms. The lowest BCUT2D eigenvalue weighted by atomic mass is 10.9. The van der Waals surface area contributed by atoms with Gasteiger partial charge in [0.25, 0.3) is 0 Å². The minimum absolute atomic E-state index is 1.57. The topological polar surface area (TPSA) is 49.1 Å². The summed E-state index contributed by atoms with van der Waals surface area (Å²) in [6.07, 6.45) is 1.59. The summed E-state index contributed by atoms with van der Waals surface area (Å²) in [5.41, 5.74) is 2.31. The maximum absolute atomic E-state index is 3.53. The Bertz CT molecular complexity index is 65.0. The molecule has 0 amide bonds. The Morgan fingerprint density at radius 3 is 2.71 bits per heavy atom. The molecule has 0 aliphatic heterocycles. The summed E-state index contributed by atoms with van der Waals surface area (Å²) < 4.78 is 0. The van der Waals surface area contributed by atoms with Crippen molar-refractivity contribution in [3.05, 3.63) is 0 Å². The molecule has 0 rings (SSSR count). The van der Waals surface area contributed by atoms with Crippen LogP contribution in [-0.2, 0) is 0 Å². The molecule has 0 aliphatic carbocycles. The van der Waals surface area contributed by atoms with Crippen molar-refractivity contribution >= 4 is 6.21 Å². The van der Waals surface area contributed by atoms with E-state index in [1.807, 2.05) is 0 Å². The number of rotatable bonds is 2. The first-order valence-corrected chi connectivity index (χ1v) is 1.93. The monoisotopic (exact) mass is 100 g/mol. The fourth-order valence-electron chi connectivity index (χ4n) is 0.128. The summed E-state index contributed by atoms with van der Waals surface area (Å²) in [6, 6.07) is 0. The van der Waals surface area contributed by atoms with Gasteiger partial charge in [-0.1, -0.05) is 5.22 Å². The van der Waals surface area contributed by atoms with E-state index in [-0.39, 0.29) is 0 Å². The number of hydrazone groups is 1. The van der Waals surface area contributed by atoms with E-state index >= 15 is 0 Å². The Kier molecular flexibility index (Phi) is 4.40. The second-order valence-corrected chi connectivity index (χ2v) is 0.787. The van der Waals surface area contributed by atoms with Gasteiger partial charge in [-0.3, -0.25) is 0 Å². The molecule has 0 saturated heterocycles. The van der Waals surface area contributed by atoms with Gasteiger partial charge in [-0.2, -0.15) is 15.8 Å². The second kappa shape index (κ2) is 5.07. The van der Waals surface area contributed by atoms with Gasteiger partial charge in [-0.05, 0) is 6.92 Å². The maximum atomic E-state index is 3.53. The van der Waals surface area contributed by atoms with Crippen LogP contribution >= 0.6 is 0 Å². The smallest absolute Gasteiger partial charge is 0.0509 e. The number of nitrogens with zero attached hydrogens (tertiary/aromatic N) is 3. The highest BCUT2D eigenvalue weighted by Gasteiger charge is 1.56. The third-order valence-corrected chi connectivity index (χ3v) is 0.332. The Morgan fingerprint density at radius 1 is 1.57 bits per heavy atom. The highest BCUT2D eigenvalue weighted by atomic mass is 15.6. The lowest BCUT2D eigenvalue weighted by molar-refractivity contribution is 0.741. The van der Waals surface area contributed by atoms with Gasteiger partial charge in [0, 0.05) is 6.21 Å². The molecule has 0 saturated carbocycles. The molecule has 0 atom stereocenters. The lowest BCUT2D eigenvalue weighted by Crippen LogP contribution is -1.89. The van der Waals surface area contributed by atoms with Crippen LogP contribution in [0.1, 0.15) is 6.92 Å². The van der Waals surface area contributed by atoms with Crippen molar-refractivity contribution in [2.24, 2.45) is 15.4 Å². The van der Waals surface area contributed by atoms with Gasteiger partial charge < -0.3 is 0 Å². The van der Waals surface area contributed by atoms with Crippen LogP contribution in [0.4, 0.5) is 0 Å². The van der Waals surface area contributed by atoms with Crippen LogP contribution in [-0.4, -0.2) is 13.3 Å². The summed E-state index contributed by atoms with van der Waals surface area (Å²) in [6.45, 7) is 1.79. The molecule has 0 aliphatic rings. The number of nitrogens with one attached hydrogen (secondary N) is 1. The van der Waals surface area contributed by atoms with Gasteiger partial charge >= 0.3 is 0 Å². The molecule has 0 radical (unpaired) electrons. The third kappa shape index (κ3) is 5.07. The van der Waals surface area contributed by atoms with Gasteiger partial charge in [0.2, 0.25) is 0 Å². The summed E-state index contributed by atoms with van der Waals surface area (Å²) in [7, 11) is 1.57. The molecule has 0 fully saturated rings. The Hall–Kier alpha value is -0.930. The fourth-order valence-corrected chi connectivity index (χ4v) is 0.128. The molecule has 0 unspecified atom stereocenters. The average molecular weight is 100 g/mol. The first kappa shape index (κ1) is 6.07.